The van der Waals surface area contributed by atoms with Crippen LogP contribution in [0.5, 0.6) is 0 Å². The minimum absolute atomic E-state index is 0.122. The number of aryl methyl sites for hydroxylation is 1. The van der Waals surface area contributed by atoms with E-state index in [0.717, 1.165) is 0 Å². The Morgan fingerprint density at radius 1 is 1.38 bits per heavy atom. The lowest BCUT2D eigenvalue weighted by Crippen LogP contribution is -2.48. The van der Waals surface area contributed by atoms with Crippen molar-refractivity contribution in [3.63, 3.8) is 0 Å². The van der Waals surface area contributed by atoms with Crippen molar-refractivity contribution in [1.29, 1.82) is 0 Å². The molecular formula is C16H19F3N4O2S. The van der Waals surface area contributed by atoms with Gasteiger partial charge in [0, 0.05) is 36.6 Å². The van der Waals surface area contributed by atoms with Crippen molar-refractivity contribution >= 4 is 17.2 Å². The molecule has 0 aliphatic carbocycles. The van der Waals surface area contributed by atoms with Crippen molar-refractivity contribution in [1.82, 2.24) is 19.7 Å². The average Bonchev–Trinajstić information content (AvgIpc) is 3.25. The van der Waals surface area contributed by atoms with Crippen molar-refractivity contribution in [3.05, 3.63) is 34.5 Å². The number of hydrogen-bond acceptors (Lipinski definition) is 5. The standard InChI is InChI=1S/C16H19F3N4O2S/c1-11-10-26-14(21-11)15(25,16(17,18)19)9-13(24)22-7-3-12(4-8-22)23-6-2-5-20-23/h2,5-6,10,12,25H,3-4,7-9H2,1H3. The molecule has 1 aliphatic rings. The number of aromatic nitrogens is 3. The van der Waals surface area contributed by atoms with E-state index in [4.69, 9.17) is 0 Å². The lowest BCUT2D eigenvalue weighted by molar-refractivity contribution is -0.268. The Hall–Kier alpha value is -1.94. The Morgan fingerprint density at radius 3 is 2.58 bits per heavy atom. The summed E-state index contributed by atoms with van der Waals surface area (Å²) >= 11 is 0.707. The molecule has 1 fully saturated rings. The van der Waals surface area contributed by atoms with Gasteiger partial charge in [-0.05, 0) is 25.8 Å². The second-order valence-corrected chi connectivity index (χ2v) is 7.28. The second kappa shape index (κ2) is 6.99. The van der Waals surface area contributed by atoms with E-state index in [2.05, 4.69) is 10.1 Å². The van der Waals surface area contributed by atoms with Gasteiger partial charge in [0.15, 0.2) is 0 Å². The van der Waals surface area contributed by atoms with E-state index in [1.807, 2.05) is 6.20 Å². The van der Waals surface area contributed by atoms with E-state index in [1.165, 1.54) is 10.3 Å². The molecule has 0 spiro atoms. The molecule has 10 heteroatoms. The van der Waals surface area contributed by atoms with Crippen LogP contribution >= 0.6 is 11.3 Å². The molecule has 1 atom stereocenters. The Labute approximate surface area is 152 Å². The summed E-state index contributed by atoms with van der Waals surface area (Å²) in [5, 5.41) is 15.4. The SMILES string of the molecule is Cc1csc(C(O)(CC(=O)N2CCC(n3cccn3)CC2)C(F)(F)F)n1. The molecule has 1 aliphatic heterocycles. The monoisotopic (exact) mass is 388 g/mol. The van der Waals surface area contributed by atoms with Gasteiger partial charge in [0.2, 0.25) is 11.5 Å². The largest absolute Gasteiger partial charge is 0.424 e. The fourth-order valence-corrected chi connectivity index (χ4v) is 3.96. The molecule has 0 radical (unpaired) electrons. The summed E-state index contributed by atoms with van der Waals surface area (Å²) in [5.41, 5.74) is -2.89. The number of likely N-dealkylation sites (tertiary alicyclic amines) is 1. The van der Waals surface area contributed by atoms with Gasteiger partial charge in [0.05, 0.1) is 12.5 Å². The van der Waals surface area contributed by atoms with Crippen molar-refractivity contribution in [2.75, 3.05) is 13.1 Å². The van der Waals surface area contributed by atoms with E-state index in [-0.39, 0.29) is 6.04 Å². The van der Waals surface area contributed by atoms with Gasteiger partial charge in [0.1, 0.15) is 5.01 Å². The zero-order valence-corrected chi connectivity index (χ0v) is 14.9. The molecule has 0 saturated carbocycles. The summed E-state index contributed by atoms with van der Waals surface area (Å²) < 4.78 is 42.3. The molecule has 3 heterocycles. The summed E-state index contributed by atoms with van der Waals surface area (Å²) in [5.74, 6) is -0.725. The summed E-state index contributed by atoms with van der Waals surface area (Å²) in [4.78, 5) is 17.6. The number of nitrogens with zero attached hydrogens (tertiary/aromatic N) is 4. The molecule has 142 valence electrons. The highest BCUT2D eigenvalue weighted by atomic mass is 32.1. The number of thiazole rings is 1. The smallest absolute Gasteiger partial charge is 0.374 e. The molecule has 0 bridgehead atoms. The number of amides is 1. The Kier molecular flexibility index (Phi) is 5.07. The molecule has 1 amide bonds. The average molecular weight is 388 g/mol. The van der Waals surface area contributed by atoms with Crippen LogP contribution in [0.3, 0.4) is 0 Å². The van der Waals surface area contributed by atoms with Crippen LogP contribution in [0, 0.1) is 6.92 Å². The summed E-state index contributed by atoms with van der Waals surface area (Å²) in [6.45, 7) is 2.20. The normalized spacial score (nSPS) is 18.7. The Morgan fingerprint density at radius 2 is 2.08 bits per heavy atom. The van der Waals surface area contributed by atoms with Crippen LogP contribution in [0.15, 0.2) is 23.8 Å². The van der Waals surface area contributed by atoms with Crippen molar-refractivity contribution < 1.29 is 23.1 Å². The maximum atomic E-state index is 13.5. The van der Waals surface area contributed by atoms with Gasteiger partial charge in [-0.25, -0.2) is 4.98 Å². The first-order valence-corrected chi connectivity index (χ1v) is 9.07. The summed E-state index contributed by atoms with van der Waals surface area (Å²) in [6.07, 6.45) is -1.34. The van der Waals surface area contributed by atoms with Crippen LogP contribution < -0.4 is 0 Å². The molecule has 1 N–H and O–H groups in total. The first kappa shape index (κ1) is 18.8. The van der Waals surface area contributed by atoms with Gasteiger partial charge in [-0.2, -0.15) is 18.3 Å². The number of alkyl halides is 3. The summed E-state index contributed by atoms with van der Waals surface area (Å²) in [6, 6.07) is 1.92. The van der Waals surface area contributed by atoms with E-state index in [0.29, 0.717) is 43.0 Å². The van der Waals surface area contributed by atoms with Gasteiger partial charge in [-0.1, -0.05) is 0 Å². The third-order valence-corrected chi connectivity index (χ3v) is 5.68. The molecule has 2 aromatic rings. The van der Waals surface area contributed by atoms with Gasteiger partial charge < -0.3 is 10.0 Å². The van der Waals surface area contributed by atoms with Crippen LogP contribution in [0.25, 0.3) is 0 Å². The zero-order valence-electron chi connectivity index (χ0n) is 14.1. The van der Waals surface area contributed by atoms with Crippen LogP contribution in [-0.4, -0.2) is 49.9 Å². The molecule has 6 nitrogen and oxygen atoms in total. The lowest BCUT2D eigenvalue weighted by atomic mass is 9.97. The predicted molar refractivity (Wildman–Crippen MR) is 88.5 cm³/mol. The number of carbonyl (C=O) groups excluding carboxylic acids is 1. The number of piperidine rings is 1. The van der Waals surface area contributed by atoms with Crippen molar-refractivity contribution in [3.8, 4) is 0 Å². The van der Waals surface area contributed by atoms with Crippen molar-refractivity contribution in [2.24, 2.45) is 0 Å². The number of halogens is 3. The number of aliphatic hydroxyl groups is 1. The minimum Gasteiger partial charge on any atom is -0.374 e. The van der Waals surface area contributed by atoms with Crippen molar-refractivity contribution in [2.45, 2.75) is 44.0 Å². The van der Waals surface area contributed by atoms with Crippen LogP contribution in [0.1, 0.15) is 36.0 Å². The minimum atomic E-state index is -4.99. The second-order valence-electron chi connectivity index (χ2n) is 6.43. The van der Waals surface area contributed by atoms with E-state index in [9.17, 15) is 23.1 Å². The third-order valence-electron chi connectivity index (χ3n) is 4.56. The molecular weight excluding hydrogens is 369 g/mol. The number of hydrogen-bond donors (Lipinski definition) is 1. The fourth-order valence-electron chi connectivity index (χ4n) is 3.05. The van der Waals surface area contributed by atoms with E-state index >= 15 is 0 Å². The highest BCUT2D eigenvalue weighted by molar-refractivity contribution is 7.09. The molecule has 1 unspecified atom stereocenters. The molecule has 0 aromatic carbocycles. The molecule has 1 saturated heterocycles. The molecule has 26 heavy (non-hydrogen) atoms. The first-order chi connectivity index (χ1) is 12.2. The Balaban J connectivity index is 1.69. The quantitative estimate of drug-likeness (QED) is 0.874. The fraction of sp³-hybridized carbons (Fsp3) is 0.562. The lowest BCUT2D eigenvalue weighted by Gasteiger charge is -2.35. The highest BCUT2D eigenvalue weighted by Crippen LogP contribution is 2.43. The van der Waals surface area contributed by atoms with Gasteiger partial charge in [-0.15, -0.1) is 11.3 Å². The van der Waals surface area contributed by atoms with Crippen LogP contribution in [0.4, 0.5) is 13.2 Å². The van der Waals surface area contributed by atoms with Crippen LogP contribution in [0.2, 0.25) is 0 Å². The summed E-state index contributed by atoms with van der Waals surface area (Å²) in [7, 11) is 0. The number of rotatable bonds is 4. The topological polar surface area (TPSA) is 71.2 Å². The maximum Gasteiger partial charge on any atom is 0.424 e. The van der Waals surface area contributed by atoms with Gasteiger partial charge in [0.25, 0.3) is 0 Å². The van der Waals surface area contributed by atoms with E-state index < -0.39 is 29.1 Å². The van der Waals surface area contributed by atoms with Crippen LogP contribution in [-0.2, 0) is 10.4 Å². The molecule has 2 aromatic heterocycles. The van der Waals surface area contributed by atoms with Gasteiger partial charge >= 0.3 is 6.18 Å². The van der Waals surface area contributed by atoms with Gasteiger partial charge in [-0.3, -0.25) is 9.48 Å². The number of carbonyl (C=O) groups is 1. The maximum absolute atomic E-state index is 13.5. The highest BCUT2D eigenvalue weighted by Gasteiger charge is 2.58. The Bertz CT molecular complexity index is 754. The first-order valence-electron chi connectivity index (χ1n) is 8.19. The third kappa shape index (κ3) is 3.61. The van der Waals surface area contributed by atoms with E-state index in [1.54, 1.807) is 23.9 Å². The predicted octanol–water partition coefficient (Wildman–Crippen LogP) is 2.65. The molecule has 3 rings (SSSR count). The zero-order chi connectivity index (χ0) is 18.9.